The number of aryl methyl sites for hydroxylation is 1. The highest BCUT2D eigenvalue weighted by Gasteiger charge is 2.19. The molecule has 14 heavy (non-hydrogen) atoms. The van der Waals surface area contributed by atoms with E-state index in [0.717, 1.165) is 6.42 Å². The molecule has 76 valence electrons. The lowest BCUT2D eigenvalue weighted by Crippen LogP contribution is -2.09. The zero-order valence-corrected chi connectivity index (χ0v) is 8.72. The molecule has 1 atom stereocenters. The molecule has 0 fully saturated rings. The Balaban J connectivity index is 2.30. The summed E-state index contributed by atoms with van der Waals surface area (Å²) in [5.74, 6) is 0.602. The highest BCUT2D eigenvalue weighted by Crippen LogP contribution is 2.34. The van der Waals surface area contributed by atoms with E-state index in [1.54, 1.807) is 12.1 Å². The van der Waals surface area contributed by atoms with Gasteiger partial charge in [-0.05, 0) is 54.9 Å². The molecular formula is C13H17F. The van der Waals surface area contributed by atoms with Crippen LogP contribution in [0.3, 0.4) is 0 Å². The van der Waals surface area contributed by atoms with Crippen LogP contribution in [0.15, 0.2) is 18.2 Å². The number of fused-ring (bicyclic) bond motifs is 1. The summed E-state index contributed by atoms with van der Waals surface area (Å²) in [6.07, 6.45) is 6.04. The maximum Gasteiger partial charge on any atom is 0.123 e. The Morgan fingerprint density at radius 3 is 3.07 bits per heavy atom. The number of benzene rings is 1. The van der Waals surface area contributed by atoms with Gasteiger partial charge in [0.25, 0.3) is 0 Å². The molecule has 2 rings (SSSR count). The van der Waals surface area contributed by atoms with E-state index >= 15 is 0 Å². The second-order valence-electron chi connectivity index (χ2n) is 4.22. The fraction of sp³-hybridized carbons (Fsp3) is 0.538. The van der Waals surface area contributed by atoms with Crippen LogP contribution < -0.4 is 0 Å². The third-order valence-electron chi connectivity index (χ3n) is 3.18. The maximum atomic E-state index is 13.0. The Hall–Kier alpha value is -0.850. The highest BCUT2D eigenvalue weighted by atomic mass is 19.1. The predicted octanol–water partition coefficient (Wildman–Crippen LogP) is 4.05. The topological polar surface area (TPSA) is 0 Å². The molecule has 1 aromatic rings. The molecule has 0 N–H and O–H groups in total. The summed E-state index contributed by atoms with van der Waals surface area (Å²) in [6.45, 7) is 2.22. The van der Waals surface area contributed by atoms with Crippen LogP contribution in [-0.4, -0.2) is 0 Å². The van der Waals surface area contributed by atoms with E-state index in [0.29, 0.717) is 5.92 Å². The van der Waals surface area contributed by atoms with Gasteiger partial charge < -0.3 is 0 Å². The first-order valence-electron chi connectivity index (χ1n) is 5.59. The maximum absolute atomic E-state index is 13.0. The zero-order chi connectivity index (χ0) is 9.97. The smallest absolute Gasteiger partial charge is 0.123 e. The largest absolute Gasteiger partial charge is 0.207 e. The molecule has 1 aliphatic carbocycles. The van der Waals surface area contributed by atoms with E-state index in [1.807, 2.05) is 6.07 Å². The first-order chi connectivity index (χ1) is 6.81. The average molecular weight is 192 g/mol. The third-order valence-corrected chi connectivity index (χ3v) is 3.18. The minimum absolute atomic E-state index is 0.0825. The minimum atomic E-state index is -0.0825. The number of hydrogen-bond donors (Lipinski definition) is 0. The molecule has 0 aliphatic heterocycles. The molecule has 0 nitrogen and oxygen atoms in total. The summed E-state index contributed by atoms with van der Waals surface area (Å²) in [5, 5.41) is 0. The molecule has 0 amide bonds. The molecule has 1 aromatic carbocycles. The van der Waals surface area contributed by atoms with Crippen molar-refractivity contribution in [2.45, 2.75) is 44.9 Å². The zero-order valence-electron chi connectivity index (χ0n) is 8.72. The van der Waals surface area contributed by atoms with Crippen molar-refractivity contribution in [1.29, 1.82) is 0 Å². The van der Waals surface area contributed by atoms with Gasteiger partial charge in [0.1, 0.15) is 5.82 Å². The molecule has 1 aliphatic rings. The molecule has 0 bridgehead atoms. The van der Waals surface area contributed by atoms with Gasteiger partial charge in [0.2, 0.25) is 0 Å². The molecule has 0 aromatic heterocycles. The number of halogens is 1. The van der Waals surface area contributed by atoms with Crippen molar-refractivity contribution in [3.8, 4) is 0 Å². The summed E-state index contributed by atoms with van der Waals surface area (Å²) in [4.78, 5) is 0. The van der Waals surface area contributed by atoms with Gasteiger partial charge in [-0.1, -0.05) is 19.4 Å². The molecule has 0 saturated carbocycles. The van der Waals surface area contributed by atoms with Crippen LogP contribution in [-0.2, 0) is 6.42 Å². The van der Waals surface area contributed by atoms with Gasteiger partial charge in [-0.25, -0.2) is 4.39 Å². The summed E-state index contributed by atoms with van der Waals surface area (Å²) in [6, 6.07) is 5.31. The van der Waals surface area contributed by atoms with Gasteiger partial charge in [0, 0.05) is 0 Å². The van der Waals surface area contributed by atoms with Crippen molar-refractivity contribution in [2.75, 3.05) is 0 Å². The van der Waals surface area contributed by atoms with Crippen LogP contribution in [0.2, 0.25) is 0 Å². The minimum Gasteiger partial charge on any atom is -0.207 e. The van der Waals surface area contributed by atoms with Crippen molar-refractivity contribution in [1.82, 2.24) is 0 Å². The fourth-order valence-corrected chi connectivity index (χ4v) is 2.53. The van der Waals surface area contributed by atoms with Gasteiger partial charge in [-0.2, -0.15) is 0 Å². The van der Waals surface area contributed by atoms with Gasteiger partial charge in [0.15, 0.2) is 0 Å². The summed E-state index contributed by atoms with van der Waals surface area (Å²) < 4.78 is 13.0. The number of rotatable bonds is 2. The molecule has 0 heterocycles. The van der Waals surface area contributed by atoms with Crippen molar-refractivity contribution < 1.29 is 4.39 Å². The van der Waals surface area contributed by atoms with Gasteiger partial charge >= 0.3 is 0 Å². The van der Waals surface area contributed by atoms with Crippen LogP contribution in [0.5, 0.6) is 0 Å². The Kier molecular flexibility index (Phi) is 2.85. The van der Waals surface area contributed by atoms with Gasteiger partial charge in [-0.3, -0.25) is 0 Å². The Bertz CT molecular complexity index is 317. The average Bonchev–Trinajstić information content (AvgIpc) is 2.18. The van der Waals surface area contributed by atoms with Crippen molar-refractivity contribution in [3.63, 3.8) is 0 Å². The lowest BCUT2D eigenvalue weighted by atomic mass is 9.80. The lowest BCUT2D eigenvalue weighted by Gasteiger charge is -2.25. The van der Waals surface area contributed by atoms with E-state index in [4.69, 9.17) is 0 Å². The van der Waals surface area contributed by atoms with Crippen LogP contribution in [0, 0.1) is 5.82 Å². The second kappa shape index (κ2) is 4.12. The predicted molar refractivity (Wildman–Crippen MR) is 57.0 cm³/mol. The molecular weight excluding hydrogens is 175 g/mol. The quantitative estimate of drug-likeness (QED) is 0.663. The molecule has 1 heteroatoms. The van der Waals surface area contributed by atoms with E-state index in [-0.39, 0.29) is 5.82 Å². The number of hydrogen-bond acceptors (Lipinski definition) is 0. The van der Waals surface area contributed by atoms with Crippen molar-refractivity contribution in [2.24, 2.45) is 0 Å². The fourth-order valence-electron chi connectivity index (χ4n) is 2.53. The van der Waals surface area contributed by atoms with Crippen molar-refractivity contribution in [3.05, 3.63) is 35.1 Å². The van der Waals surface area contributed by atoms with Crippen LogP contribution >= 0.6 is 0 Å². The summed E-state index contributed by atoms with van der Waals surface area (Å²) in [7, 11) is 0. The SMILES string of the molecule is CCC[C@H]1CCCc2cc(F)ccc21. The molecule has 0 unspecified atom stereocenters. The first-order valence-corrected chi connectivity index (χ1v) is 5.59. The summed E-state index contributed by atoms with van der Waals surface area (Å²) >= 11 is 0. The molecule has 0 saturated heterocycles. The second-order valence-corrected chi connectivity index (χ2v) is 4.22. The van der Waals surface area contributed by atoms with Gasteiger partial charge in [-0.15, -0.1) is 0 Å². The van der Waals surface area contributed by atoms with E-state index in [2.05, 4.69) is 6.92 Å². The lowest BCUT2D eigenvalue weighted by molar-refractivity contribution is 0.511. The summed E-state index contributed by atoms with van der Waals surface area (Å²) in [5.41, 5.74) is 2.65. The normalized spacial score (nSPS) is 20.6. The Morgan fingerprint density at radius 2 is 2.29 bits per heavy atom. The van der Waals surface area contributed by atoms with E-state index in [9.17, 15) is 4.39 Å². The van der Waals surface area contributed by atoms with Crippen LogP contribution in [0.1, 0.15) is 49.7 Å². The Labute approximate surface area is 85.1 Å². The molecule has 0 radical (unpaired) electrons. The first kappa shape index (κ1) is 9.70. The van der Waals surface area contributed by atoms with Gasteiger partial charge in [0.05, 0.1) is 0 Å². The Morgan fingerprint density at radius 1 is 1.43 bits per heavy atom. The third kappa shape index (κ3) is 1.82. The monoisotopic (exact) mass is 192 g/mol. The van der Waals surface area contributed by atoms with E-state index < -0.39 is 0 Å². The van der Waals surface area contributed by atoms with Crippen LogP contribution in [0.25, 0.3) is 0 Å². The standard InChI is InChI=1S/C13H17F/c1-2-4-10-5-3-6-11-9-12(14)7-8-13(10)11/h7-10H,2-6H2,1H3/t10-/m0/s1. The van der Waals surface area contributed by atoms with Crippen LogP contribution in [0.4, 0.5) is 4.39 Å². The molecule has 0 spiro atoms. The van der Waals surface area contributed by atoms with Crippen molar-refractivity contribution >= 4 is 0 Å². The highest BCUT2D eigenvalue weighted by molar-refractivity contribution is 5.33. The van der Waals surface area contributed by atoms with E-state index in [1.165, 1.54) is 36.8 Å².